The molecule has 3 saturated heterocycles. The Balaban J connectivity index is 1.11. The smallest absolute Gasteiger partial charge is 0.323 e. The number of nitrogens with one attached hydrogen (secondary N) is 2. The van der Waals surface area contributed by atoms with E-state index in [-0.39, 0.29) is 11.9 Å². The van der Waals surface area contributed by atoms with Crippen molar-refractivity contribution in [2.24, 2.45) is 0 Å². The molecule has 4 heterocycles. The summed E-state index contributed by atoms with van der Waals surface area (Å²) in [6.45, 7) is 10.8. The van der Waals surface area contributed by atoms with E-state index in [4.69, 9.17) is 19.7 Å². The first-order valence-corrected chi connectivity index (χ1v) is 15.6. The third-order valence-electron chi connectivity index (χ3n) is 8.73. The van der Waals surface area contributed by atoms with Gasteiger partial charge in [-0.1, -0.05) is 0 Å². The molecule has 13 heteroatoms. The van der Waals surface area contributed by atoms with Crippen molar-refractivity contribution in [3.8, 4) is 11.4 Å². The Morgan fingerprint density at radius 2 is 1.33 bits per heavy atom. The molecule has 0 spiro atoms. The van der Waals surface area contributed by atoms with Crippen LogP contribution >= 0.6 is 0 Å². The van der Waals surface area contributed by atoms with Gasteiger partial charge in [-0.3, -0.25) is 4.79 Å². The Morgan fingerprint density at radius 1 is 0.733 bits per heavy atom. The minimum atomic E-state index is -0.373. The van der Waals surface area contributed by atoms with Crippen LogP contribution in [0, 0.1) is 0 Å². The Hall–Kier alpha value is -4.33. The van der Waals surface area contributed by atoms with Gasteiger partial charge in [0, 0.05) is 87.4 Å². The molecule has 3 aliphatic rings. The Kier molecular flexibility index (Phi) is 9.38. The lowest BCUT2D eigenvalue weighted by Gasteiger charge is -2.38. The van der Waals surface area contributed by atoms with Gasteiger partial charge in [-0.15, -0.1) is 0 Å². The van der Waals surface area contributed by atoms with Crippen LogP contribution < -0.4 is 20.4 Å². The fourth-order valence-corrected chi connectivity index (χ4v) is 5.64. The first kappa shape index (κ1) is 30.7. The van der Waals surface area contributed by atoms with Crippen LogP contribution in [0.2, 0.25) is 0 Å². The van der Waals surface area contributed by atoms with E-state index >= 15 is 0 Å². The monoisotopic (exact) mass is 614 g/mol. The second-order valence-corrected chi connectivity index (χ2v) is 12.0. The maximum absolute atomic E-state index is 12.8. The topological polar surface area (TPSA) is 122 Å². The number of hydrogen-bond acceptors (Lipinski definition) is 10. The number of nitrogens with zero attached hydrogens (tertiary/aromatic N) is 8. The van der Waals surface area contributed by atoms with E-state index in [1.807, 2.05) is 29.2 Å². The molecule has 1 unspecified atom stereocenters. The molecule has 2 aromatic carbocycles. The number of likely N-dealkylation sites (N-methyl/N-ethyl adjacent to an activating group) is 2. The number of rotatable bonds is 6. The van der Waals surface area contributed by atoms with Crippen molar-refractivity contribution in [2.45, 2.75) is 13.0 Å². The molecule has 0 bridgehead atoms. The van der Waals surface area contributed by atoms with E-state index in [2.05, 4.69) is 51.3 Å². The van der Waals surface area contributed by atoms with E-state index in [0.717, 1.165) is 64.5 Å². The number of ether oxygens (including phenoxy) is 1. The van der Waals surface area contributed by atoms with Crippen molar-refractivity contribution in [1.82, 2.24) is 29.7 Å². The maximum atomic E-state index is 12.8. The summed E-state index contributed by atoms with van der Waals surface area (Å²) in [6, 6.07) is 14.5. The summed E-state index contributed by atoms with van der Waals surface area (Å²) in [4.78, 5) is 51.0. The van der Waals surface area contributed by atoms with Crippen LogP contribution in [0.15, 0.2) is 48.5 Å². The minimum Gasteiger partial charge on any atom is -0.378 e. The van der Waals surface area contributed by atoms with Gasteiger partial charge >= 0.3 is 6.03 Å². The summed E-state index contributed by atoms with van der Waals surface area (Å²) in [5, 5.41) is 5.72. The average molecular weight is 615 g/mol. The van der Waals surface area contributed by atoms with Crippen molar-refractivity contribution in [1.29, 1.82) is 0 Å². The van der Waals surface area contributed by atoms with E-state index < -0.39 is 0 Å². The molecule has 238 valence electrons. The Labute approximate surface area is 264 Å². The molecule has 3 aliphatic heterocycles. The lowest BCUT2D eigenvalue weighted by atomic mass is 10.1. The van der Waals surface area contributed by atoms with E-state index in [0.29, 0.717) is 53.9 Å². The highest BCUT2D eigenvalue weighted by molar-refractivity contribution is 6.00. The first-order valence-electron chi connectivity index (χ1n) is 15.6. The van der Waals surface area contributed by atoms with Gasteiger partial charge in [-0.05, 0) is 69.6 Å². The van der Waals surface area contributed by atoms with Crippen LogP contribution in [0.25, 0.3) is 11.4 Å². The number of morpholine rings is 1. The normalized spacial score (nSPS) is 19.8. The van der Waals surface area contributed by atoms with Gasteiger partial charge in [0.25, 0.3) is 5.91 Å². The molecular weight excluding hydrogens is 572 g/mol. The molecule has 3 amide bonds. The zero-order valence-corrected chi connectivity index (χ0v) is 26.3. The quantitative estimate of drug-likeness (QED) is 0.429. The molecule has 2 N–H and O–H groups in total. The fourth-order valence-electron chi connectivity index (χ4n) is 5.64. The Morgan fingerprint density at radius 3 is 1.96 bits per heavy atom. The Bertz CT molecular complexity index is 1470. The molecule has 0 radical (unpaired) electrons. The predicted octanol–water partition coefficient (Wildman–Crippen LogP) is 2.55. The van der Waals surface area contributed by atoms with Crippen molar-refractivity contribution in [3.63, 3.8) is 0 Å². The van der Waals surface area contributed by atoms with Crippen molar-refractivity contribution in [2.75, 3.05) is 107 Å². The highest BCUT2D eigenvalue weighted by atomic mass is 16.5. The molecule has 1 atom stereocenters. The molecule has 3 aromatic rings. The van der Waals surface area contributed by atoms with Crippen molar-refractivity contribution >= 4 is 35.2 Å². The van der Waals surface area contributed by atoms with Gasteiger partial charge in [-0.2, -0.15) is 15.0 Å². The number of carbonyl (C=O) groups is 2. The minimum absolute atomic E-state index is 0.0136. The molecule has 1 aromatic heterocycles. The number of amides is 3. The lowest BCUT2D eigenvalue weighted by molar-refractivity contribution is 0.0664. The third-order valence-corrected chi connectivity index (χ3v) is 8.73. The second-order valence-electron chi connectivity index (χ2n) is 12.0. The van der Waals surface area contributed by atoms with E-state index in [1.165, 1.54) is 0 Å². The highest BCUT2D eigenvalue weighted by Gasteiger charge is 2.25. The van der Waals surface area contributed by atoms with Crippen molar-refractivity contribution in [3.05, 3.63) is 54.1 Å². The summed E-state index contributed by atoms with van der Waals surface area (Å²) >= 11 is 0. The summed E-state index contributed by atoms with van der Waals surface area (Å²) in [7, 11) is 4.20. The van der Waals surface area contributed by atoms with Crippen LogP contribution in [0.5, 0.6) is 0 Å². The van der Waals surface area contributed by atoms with Crippen LogP contribution in [0.3, 0.4) is 0 Å². The number of carbonyl (C=O) groups excluding carboxylic acids is 2. The van der Waals surface area contributed by atoms with Crippen LogP contribution in [0.1, 0.15) is 17.3 Å². The number of hydrogen-bond donors (Lipinski definition) is 2. The molecule has 3 fully saturated rings. The van der Waals surface area contributed by atoms with Crippen LogP contribution in [-0.2, 0) is 4.74 Å². The van der Waals surface area contributed by atoms with Gasteiger partial charge in [0.15, 0.2) is 5.82 Å². The zero-order valence-electron chi connectivity index (χ0n) is 26.3. The molecule has 6 rings (SSSR count). The third kappa shape index (κ3) is 7.49. The number of piperazine rings is 2. The SMILES string of the molecule is CC1CN(c2nc(-c3ccc(NC(=O)Nc4ccc(C(=O)N5CCN(C)CC5)cc4)cc3)nc(N3CCOCC3)n2)CCN1C. The highest BCUT2D eigenvalue weighted by Crippen LogP contribution is 2.25. The van der Waals surface area contributed by atoms with E-state index in [1.54, 1.807) is 24.3 Å². The maximum Gasteiger partial charge on any atom is 0.323 e. The van der Waals surface area contributed by atoms with Gasteiger partial charge in [0.1, 0.15) is 0 Å². The van der Waals surface area contributed by atoms with Gasteiger partial charge < -0.3 is 39.9 Å². The van der Waals surface area contributed by atoms with Gasteiger partial charge in [-0.25, -0.2) is 4.79 Å². The molecule has 45 heavy (non-hydrogen) atoms. The zero-order chi connectivity index (χ0) is 31.3. The van der Waals surface area contributed by atoms with Gasteiger partial charge in [0.05, 0.1) is 13.2 Å². The molecule has 0 aliphatic carbocycles. The average Bonchev–Trinajstić information content (AvgIpc) is 3.07. The second kappa shape index (κ2) is 13.8. The van der Waals surface area contributed by atoms with E-state index in [9.17, 15) is 9.59 Å². The standard InChI is InChI=1S/C32H42N10O3/c1-23-22-42(17-14-39(23)3)31-36-28(35-30(37-31)41-18-20-45-21-19-41)24-4-8-26(9-5-24)33-32(44)34-27-10-6-25(7-11-27)29(43)40-15-12-38(2)13-16-40/h4-11,23H,12-22H2,1-3H3,(H2,33,34,44). The van der Waals surface area contributed by atoms with Crippen molar-refractivity contribution < 1.29 is 14.3 Å². The van der Waals surface area contributed by atoms with Crippen LogP contribution in [0.4, 0.5) is 28.1 Å². The lowest BCUT2D eigenvalue weighted by Crippen LogP contribution is -2.50. The van der Waals surface area contributed by atoms with Crippen LogP contribution in [-0.4, -0.2) is 134 Å². The number of anilines is 4. The summed E-state index contributed by atoms with van der Waals surface area (Å²) in [6.07, 6.45) is 0. The van der Waals surface area contributed by atoms with Gasteiger partial charge in [0.2, 0.25) is 11.9 Å². The first-order chi connectivity index (χ1) is 21.8. The predicted molar refractivity (Wildman–Crippen MR) is 175 cm³/mol. The summed E-state index contributed by atoms with van der Waals surface area (Å²) in [5.41, 5.74) is 2.68. The molecule has 0 saturated carbocycles. The number of urea groups is 1. The number of benzene rings is 2. The molecular formula is C32H42N10O3. The summed E-state index contributed by atoms with van der Waals surface area (Å²) in [5.74, 6) is 1.94. The summed E-state index contributed by atoms with van der Waals surface area (Å²) < 4.78 is 5.55. The number of aromatic nitrogens is 3. The largest absolute Gasteiger partial charge is 0.378 e. The molecule has 13 nitrogen and oxygen atoms in total. The fraction of sp³-hybridized carbons (Fsp3) is 0.469.